The predicted octanol–water partition coefficient (Wildman–Crippen LogP) is 2.23. The molecule has 15 heavy (non-hydrogen) atoms. The van der Waals surface area contributed by atoms with E-state index in [1.807, 2.05) is 24.3 Å². The van der Waals surface area contributed by atoms with Gasteiger partial charge >= 0.3 is 0 Å². The van der Waals surface area contributed by atoms with Crippen molar-refractivity contribution in [3.63, 3.8) is 0 Å². The van der Waals surface area contributed by atoms with E-state index >= 15 is 0 Å². The molecule has 2 aromatic rings. The summed E-state index contributed by atoms with van der Waals surface area (Å²) in [5, 5.41) is 2.25. The van der Waals surface area contributed by atoms with Gasteiger partial charge in [0.1, 0.15) is 12.3 Å². The molecule has 2 rings (SSSR count). The van der Waals surface area contributed by atoms with Gasteiger partial charge in [-0.2, -0.15) is 0 Å². The van der Waals surface area contributed by atoms with Gasteiger partial charge in [0.05, 0.1) is 0 Å². The van der Waals surface area contributed by atoms with E-state index in [2.05, 4.69) is 22.9 Å². The van der Waals surface area contributed by atoms with Crippen LogP contribution >= 0.6 is 0 Å². The van der Waals surface area contributed by atoms with Gasteiger partial charge < -0.3 is 4.74 Å². The highest BCUT2D eigenvalue weighted by Gasteiger charge is 1.96. The second-order valence-electron chi connectivity index (χ2n) is 3.12. The Morgan fingerprint density at radius 1 is 1.27 bits per heavy atom. The van der Waals surface area contributed by atoms with Crippen molar-refractivity contribution in [1.82, 2.24) is 4.98 Å². The summed E-state index contributed by atoms with van der Waals surface area (Å²) in [6, 6.07) is 10.1. The van der Waals surface area contributed by atoms with E-state index in [0.29, 0.717) is 6.61 Å². The number of aromatic nitrogens is 1. The van der Waals surface area contributed by atoms with Crippen molar-refractivity contribution in [3.8, 4) is 11.8 Å². The predicted molar refractivity (Wildman–Crippen MR) is 60.5 cm³/mol. The Kier molecular flexibility index (Phi) is 2.96. The fourth-order valence-corrected chi connectivity index (χ4v) is 1.41. The standard InChI is InChI=1S/C13H11NO/c1-15-10-4-7-13-12-6-3-2-5-11(12)8-9-14-13/h2-3,5-6,8-9H,10H2,1H3. The summed E-state index contributed by atoms with van der Waals surface area (Å²) in [6.07, 6.45) is 1.78. The summed E-state index contributed by atoms with van der Waals surface area (Å²) in [7, 11) is 1.63. The van der Waals surface area contributed by atoms with Gasteiger partial charge in [0, 0.05) is 18.7 Å². The quantitative estimate of drug-likeness (QED) is 0.654. The number of pyridine rings is 1. The first-order valence-electron chi connectivity index (χ1n) is 4.73. The zero-order valence-corrected chi connectivity index (χ0v) is 8.53. The Balaban J connectivity index is 2.48. The molecule has 0 amide bonds. The molecule has 0 saturated heterocycles. The molecular formula is C13H11NO. The number of fused-ring (bicyclic) bond motifs is 1. The van der Waals surface area contributed by atoms with E-state index in [9.17, 15) is 0 Å². The van der Waals surface area contributed by atoms with Crippen LogP contribution in [0.15, 0.2) is 36.5 Å². The molecule has 0 N–H and O–H groups in total. The highest BCUT2D eigenvalue weighted by molar-refractivity contribution is 5.86. The molecule has 0 fully saturated rings. The van der Waals surface area contributed by atoms with Crippen LogP contribution in [0.5, 0.6) is 0 Å². The minimum Gasteiger partial charge on any atom is -0.372 e. The summed E-state index contributed by atoms with van der Waals surface area (Å²) in [5.41, 5.74) is 0.810. The third kappa shape index (κ3) is 2.15. The minimum absolute atomic E-state index is 0.435. The van der Waals surface area contributed by atoms with Crippen molar-refractivity contribution >= 4 is 10.8 Å². The molecule has 0 atom stereocenters. The number of rotatable bonds is 1. The minimum atomic E-state index is 0.435. The van der Waals surface area contributed by atoms with Gasteiger partial charge in [-0.05, 0) is 17.4 Å². The van der Waals surface area contributed by atoms with E-state index in [-0.39, 0.29) is 0 Å². The molecule has 0 unspecified atom stereocenters. The topological polar surface area (TPSA) is 22.1 Å². The van der Waals surface area contributed by atoms with Gasteiger partial charge in [0.15, 0.2) is 0 Å². The molecule has 0 aliphatic carbocycles. The zero-order chi connectivity index (χ0) is 10.5. The molecule has 1 aromatic carbocycles. The number of benzene rings is 1. The Hall–Kier alpha value is -1.85. The fraction of sp³-hybridized carbons (Fsp3) is 0.154. The molecule has 0 radical (unpaired) electrons. The smallest absolute Gasteiger partial charge is 0.121 e. The number of ether oxygens (including phenoxy) is 1. The first kappa shape index (κ1) is 9.70. The summed E-state index contributed by atoms with van der Waals surface area (Å²) >= 11 is 0. The first-order chi connectivity index (χ1) is 7.42. The number of hydrogen-bond acceptors (Lipinski definition) is 2. The van der Waals surface area contributed by atoms with E-state index in [4.69, 9.17) is 4.74 Å². The molecule has 0 spiro atoms. The second-order valence-corrected chi connectivity index (χ2v) is 3.12. The van der Waals surface area contributed by atoms with Crippen LogP contribution in [0.4, 0.5) is 0 Å². The average molecular weight is 197 g/mol. The van der Waals surface area contributed by atoms with Gasteiger partial charge in [-0.15, -0.1) is 0 Å². The van der Waals surface area contributed by atoms with Crippen LogP contribution in [0, 0.1) is 11.8 Å². The summed E-state index contributed by atoms with van der Waals surface area (Å²) in [5.74, 6) is 5.91. The zero-order valence-electron chi connectivity index (χ0n) is 8.53. The molecule has 2 nitrogen and oxygen atoms in total. The van der Waals surface area contributed by atoms with E-state index in [0.717, 1.165) is 16.5 Å². The summed E-state index contributed by atoms with van der Waals surface area (Å²) < 4.78 is 4.87. The normalized spacial score (nSPS) is 9.67. The molecule has 1 aromatic heterocycles. The maximum absolute atomic E-state index is 4.87. The van der Waals surface area contributed by atoms with Crippen LogP contribution in [0.25, 0.3) is 10.8 Å². The van der Waals surface area contributed by atoms with E-state index in [1.54, 1.807) is 13.3 Å². The van der Waals surface area contributed by atoms with Gasteiger partial charge in [0.2, 0.25) is 0 Å². The maximum atomic E-state index is 4.87. The van der Waals surface area contributed by atoms with Gasteiger partial charge in [-0.25, -0.2) is 4.98 Å². The SMILES string of the molecule is COCC#Cc1nccc2ccccc12. The molecular weight excluding hydrogens is 186 g/mol. The lowest BCUT2D eigenvalue weighted by molar-refractivity contribution is 0.240. The Morgan fingerprint density at radius 3 is 3.00 bits per heavy atom. The van der Waals surface area contributed by atoms with E-state index < -0.39 is 0 Å². The Labute approximate surface area is 88.9 Å². The van der Waals surface area contributed by atoms with Crippen LogP contribution in [0.2, 0.25) is 0 Å². The second kappa shape index (κ2) is 4.59. The molecule has 1 heterocycles. The highest BCUT2D eigenvalue weighted by atomic mass is 16.5. The van der Waals surface area contributed by atoms with E-state index in [1.165, 1.54) is 0 Å². The molecule has 2 heteroatoms. The van der Waals surface area contributed by atoms with Crippen molar-refractivity contribution in [2.24, 2.45) is 0 Å². The van der Waals surface area contributed by atoms with Crippen LogP contribution in [-0.2, 0) is 4.74 Å². The first-order valence-corrected chi connectivity index (χ1v) is 4.73. The van der Waals surface area contributed by atoms with Crippen molar-refractivity contribution in [2.45, 2.75) is 0 Å². The number of hydrogen-bond donors (Lipinski definition) is 0. The largest absolute Gasteiger partial charge is 0.372 e. The number of methoxy groups -OCH3 is 1. The Bertz CT molecular complexity index is 517. The molecule has 0 saturated carbocycles. The lowest BCUT2D eigenvalue weighted by Crippen LogP contribution is -1.86. The van der Waals surface area contributed by atoms with Crippen LogP contribution in [-0.4, -0.2) is 18.7 Å². The molecule has 0 aliphatic heterocycles. The van der Waals surface area contributed by atoms with Crippen molar-refractivity contribution in [3.05, 3.63) is 42.2 Å². The van der Waals surface area contributed by atoms with Crippen LogP contribution in [0.3, 0.4) is 0 Å². The van der Waals surface area contributed by atoms with Crippen LogP contribution < -0.4 is 0 Å². The Morgan fingerprint density at radius 2 is 2.13 bits per heavy atom. The molecule has 0 bridgehead atoms. The lowest BCUT2D eigenvalue weighted by atomic mass is 10.1. The third-order valence-corrected chi connectivity index (χ3v) is 2.10. The van der Waals surface area contributed by atoms with Crippen molar-refractivity contribution in [2.75, 3.05) is 13.7 Å². The van der Waals surface area contributed by atoms with Crippen LogP contribution in [0.1, 0.15) is 5.69 Å². The fourth-order valence-electron chi connectivity index (χ4n) is 1.41. The summed E-state index contributed by atoms with van der Waals surface area (Å²) in [6.45, 7) is 0.435. The monoisotopic (exact) mass is 197 g/mol. The van der Waals surface area contributed by atoms with Gasteiger partial charge in [-0.3, -0.25) is 0 Å². The maximum Gasteiger partial charge on any atom is 0.121 e. The van der Waals surface area contributed by atoms with Crippen molar-refractivity contribution in [1.29, 1.82) is 0 Å². The van der Waals surface area contributed by atoms with Gasteiger partial charge in [0.25, 0.3) is 0 Å². The summed E-state index contributed by atoms with van der Waals surface area (Å²) in [4.78, 5) is 4.25. The number of nitrogens with zero attached hydrogens (tertiary/aromatic N) is 1. The third-order valence-electron chi connectivity index (χ3n) is 2.10. The average Bonchev–Trinajstić information content (AvgIpc) is 2.30. The molecule has 0 aliphatic rings. The van der Waals surface area contributed by atoms with Crippen molar-refractivity contribution < 1.29 is 4.74 Å². The lowest BCUT2D eigenvalue weighted by Gasteiger charge is -1.98. The molecule has 74 valence electrons. The highest BCUT2D eigenvalue weighted by Crippen LogP contribution is 2.14. The van der Waals surface area contributed by atoms with Gasteiger partial charge in [-0.1, -0.05) is 30.2 Å².